The van der Waals surface area contributed by atoms with Crippen molar-refractivity contribution in [1.82, 2.24) is 5.32 Å². The molecule has 1 N–H and O–H groups in total. The molecule has 0 amide bonds. The van der Waals surface area contributed by atoms with Crippen molar-refractivity contribution in [2.75, 3.05) is 13.1 Å². The second-order valence-electron chi connectivity index (χ2n) is 5.18. The zero-order chi connectivity index (χ0) is 13.0. The second kappa shape index (κ2) is 6.10. The molecule has 0 aromatic heterocycles. The molecule has 1 heterocycles. The van der Waals surface area contributed by atoms with Gasteiger partial charge < -0.3 is 5.32 Å². The van der Waals surface area contributed by atoms with E-state index in [4.69, 9.17) is 0 Å². The summed E-state index contributed by atoms with van der Waals surface area (Å²) in [5.74, 6) is 0.681. The third kappa shape index (κ3) is 3.64. The number of hydrogen-bond acceptors (Lipinski definition) is 2. The fourth-order valence-electron chi connectivity index (χ4n) is 2.48. The molecule has 1 atom stereocenters. The number of carbonyl (C=O) groups is 1. The molecular formula is C15H20FNO. The monoisotopic (exact) mass is 249 g/mol. The SMILES string of the molecule is Cc1cc(F)ccc1CC(=O)CCC1CCNC1. The molecule has 1 unspecified atom stereocenters. The molecule has 3 heteroatoms. The smallest absolute Gasteiger partial charge is 0.137 e. The minimum absolute atomic E-state index is 0.235. The highest BCUT2D eigenvalue weighted by molar-refractivity contribution is 5.81. The fraction of sp³-hybridized carbons (Fsp3) is 0.533. The Bertz CT molecular complexity index is 425. The van der Waals surface area contributed by atoms with Crippen molar-refractivity contribution in [3.8, 4) is 0 Å². The van der Waals surface area contributed by atoms with Gasteiger partial charge in [-0.2, -0.15) is 0 Å². The minimum Gasteiger partial charge on any atom is -0.316 e. The number of halogens is 1. The van der Waals surface area contributed by atoms with Crippen LogP contribution >= 0.6 is 0 Å². The first-order valence-corrected chi connectivity index (χ1v) is 6.62. The summed E-state index contributed by atoms with van der Waals surface area (Å²) < 4.78 is 12.9. The molecule has 1 aliphatic heterocycles. The van der Waals surface area contributed by atoms with Gasteiger partial charge in [-0.25, -0.2) is 4.39 Å². The highest BCUT2D eigenvalue weighted by Gasteiger charge is 2.16. The third-order valence-corrected chi connectivity index (χ3v) is 3.69. The molecule has 1 saturated heterocycles. The molecule has 0 saturated carbocycles. The number of carbonyl (C=O) groups excluding carboxylic acids is 1. The number of ketones is 1. The van der Waals surface area contributed by atoms with Gasteiger partial charge in [0.25, 0.3) is 0 Å². The van der Waals surface area contributed by atoms with Crippen molar-refractivity contribution >= 4 is 5.78 Å². The van der Waals surface area contributed by atoms with Crippen LogP contribution in [0.1, 0.15) is 30.4 Å². The Morgan fingerprint density at radius 1 is 1.50 bits per heavy atom. The summed E-state index contributed by atoms with van der Waals surface area (Å²) in [6, 6.07) is 4.64. The van der Waals surface area contributed by atoms with Crippen LogP contribution in [0.4, 0.5) is 4.39 Å². The Kier molecular flexibility index (Phi) is 4.48. The Hall–Kier alpha value is -1.22. The molecule has 1 fully saturated rings. The van der Waals surface area contributed by atoms with Crippen LogP contribution in [0.3, 0.4) is 0 Å². The maximum Gasteiger partial charge on any atom is 0.137 e. The molecule has 0 spiro atoms. The minimum atomic E-state index is -0.235. The number of hydrogen-bond donors (Lipinski definition) is 1. The van der Waals surface area contributed by atoms with Gasteiger partial charge in [-0.05, 0) is 62.0 Å². The number of aryl methyl sites for hydroxylation is 1. The zero-order valence-electron chi connectivity index (χ0n) is 10.8. The molecule has 1 aromatic rings. The lowest BCUT2D eigenvalue weighted by atomic mass is 9.96. The van der Waals surface area contributed by atoms with Crippen LogP contribution in [0.2, 0.25) is 0 Å². The van der Waals surface area contributed by atoms with Crippen molar-refractivity contribution in [2.45, 2.75) is 32.6 Å². The molecule has 1 aliphatic rings. The van der Waals surface area contributed by atoms with Crippen LogP contribution in [-0.4, -0.2) is 18.9 Å². The summed E-state index contributed by atoms with van der Waals surface area (Å²) in [5, 5.41) is 3.31. The molecule has 2 nitrogen and oxygen atoms in total. The van der Waals surface area contributed by atoms with Crippen molar-refractivity contribution in [1.29, 1.82) is 0 Å². The van der Waals surface area contributed by atoms with E-state index >= 15 is 0 Å². The first-order valence-electron chi connectivity index (χ1n) is 6.62. The van der Waals surface area contributed by atoms with E-state index in [0.717, 1.165) is 30.6 Å². The van der Waals surface area contributed by atoms with Gasteiger partial charge >= 0.3 is 0 Å². The van der Waals surface area contributed by atoms with Crippen LogP contribution in [0.25, 0.3) is 0 Å². The third-order valence-electron chi connectivity index (χ3n) is 3.69. The molecule has 18 heavy (non-hydrogen) atoms. The van der Waals surface area contributed by atoms with Crippen molar-refractivity contribution in [3.63, 3.8) is 0 Å². The lowest BCUT2D eigenvalue weighted by Crippen LogP contribution is -2.11. The first kappa shape index (κ1) is 13.2. The molecule has 1 aromatic carbocycles. The summed E-state index contributed by atoms with van der Waals surface area (Å²) in [6.45, 7) is 3.98. The van der Waals surface area contributed by atoms with Gasteiger partial charge in [-0.15, -0.1) is 0 Å². The number of nitrogens with one attached hydrogen (secondary N) is 1. The maximum absolute atomic E-state index is 12.9. The largest absolute Gasteiger partial charge is 0.316 e. The topological polar surface area (TPSA) is 29.1 Å². The predicted molar refractivity (Wildman–Crippen MR) is 70.1 cm³/mol. The second-order valence-corrected chi connectivity index (χ2v) is 5.18. The summed E-state index contributed by atoms with van der Waals surface area (Å²) in [7, 11) is 0. The Morgan fingerprint density at radius 2 is 2.33 bits per heavy atom. The van der Waals surface area contributed by atoms with Crippen molar-refractivity contribution in [3.05, 3.63) is 35.1 Å². The quantitative estimate of drug-likeness (QED) is 0.869. The average Bonchev–Trinajstić information content (AvgIpc) is 2.83. The van der Waals surface area contributed by atoms with E-state index in [1.165, 1.54) is 18.6 Å². The maximum atomic E-state index is 12.9. The van der Waals surface area contributed by atoms with Gasteiger partial charge in [0.15, 0.2) is 0 Å². The Morgan fingerprint density at radius 3 is 3.00 bits per heavy atom. The number of Topliss-reactive ketones (excluding diaryl/α,β-unsaturated/α-hetero) is 1. The molecule has 98 valence electrons. The average molecular weight is 249 g/mol. The van der Waals surface area contributed by atoms with Crippen LogP contribution in [0, 0.1) is 18.7 Å². The van der Waals surface area contributed by atoms with E-state index in [-0.39, 0.29) is 11.6 Å². The van der Waals surface area contributed by atoms with Crippen LogP contribution in [-0.2, 0) is 11.2 Å². The van der Waals surface area contributed by atoms with Gasteiger partial charge in [-0.3, -0.25) is 4.79 Å². The standard InChI is InChI=1S/C15H20FNO/c1-11-8-14(16)4-3-13(11)9-15(18)5-2-12-6-7-17-10-12/h3-4,8,12,17H,2,5-7,9-10H2,1H3. The van der Waals surface area contributed by atoms with Crippen molar-refractivity contribution in [2.24, 2.45) is 5.92 Å². The summed E-state index contributed by atoms with van der Waals surface area (Å²) in [4.78, 5) is 11.9. The molecule has 0 radical (unpaired) electrons. The summed E-state index contributed by atoms with van der Waals surface area (Å²) >= 11 is 0. The normalized spacial score (nSPS) is 19.1. The summed E-state index contributed by atoms with van der Waals surface area (Å²) in [6.07, 6.45) is 3.24. The van der Waals surface area contributed by atoms with E-state index in [1.807, 2.05) is 6.92 Å². The number of rotatable bonds is 5. The highest BCUT2D eigenvalue weighted by atomic mass is 19.1. The molecule has 0 aliphatic carbocycles. The van der Waals surface area contributed by atoms with Crippen LogP contribution in [0.5, 0.6) is 0 Å². The summed E-state index contributed by atoms with van der Waals surface area (Å²) in [5.41, 5.74) is 1.82. The highest BCUT2D eigenvalue weighted by Crippen LogP contribution is 2.17. The van der Waals surface area contributed by atoms with Gasteiger partial charge in [0.2, 0.25) is 0 Å². The molecular weight excluding hydrogens is 229 g/mol. The molecule has 2 rings (SSSR count). The van der Waals surface area contributed by atoms with Gasteiger partial charge in [0.1, 0.15) is 11.6 Å². The number of benzene rings is 1. The van der Waals surface area contributed by atoms with E-state index in [2.05, 4.69) is 5.32 Å². The lowest BCUT2D eigenvalue weighted by Gasteiger charge is -2.08. The van der Waals surface area contributed by atoms with E-state index in [0.29, 0.717) is 18.8 Å². The van der Waals surface area contributed by atoms with Gasteiger partial charge in [0.05, 0.1) is 0 Å². The van der Waals surface area contributed by atoms with Crippen LogP contribution < -0.4 is 5.32 Å². The fourth-order valence-corrected chi connectivity index (χ4v) is 2.48. The predicted octanol–water partition coefficient (Wildman–Crippen LogP) is 2.64. The zero-order valence-corrected chi connectivity index (χ0v) is 10.8. The Labute approximate surface area is 108 Å². The van der Waals surface area contributed by atoms with Crippen molar-refractivity contribution < 1.29 is 9.18 Å². The van der Waals surface area contributed by atoms with Gasteiger partial charge in [0, 0.05) is 12.8 Å². The molecule has 0 bridgehead atoms. The van der Waals surface area contributed by atoms with E-state index in [9.17, 15) is 9.18 Å². The Balaban J connectivity index is 1.82. The van der Waals surface area contributed by atoms with E-state index in [1.54, 1.807) is 6.07 Å². The van der Waals surface area contributed by atoms with E-state index < -0.39 is 0 Å². The van der Waals surface area contributed by atoms with Crippen LogP contribution in [0.15, 0.2) is 18.2 Å². The first-order chi connectivity index (χ1) is 8.65. The van der Waals surface area contributed by atoms with Gasteiger partial charge in [-0.1, -0.05) is 6.07 Å². The lowest BCUT2D eigenvalue weighted by molar-refractivity contribution is -0.118.